The van der Waals surface area contributed by atoms with Crippen molar-refractivity contribution in [3.63, 3.8) is 0 Å². The van der Waals surface area contributed by atoms with Gasteiger partial charge in [-0.15, -0.1) is 0 Å². The zero-order valence-corrected chi connectivity index (χ0v) is 11.8. The first-order valence-corrected chi connectivity index (χ1v) is 6.39. The Morgan fingerprint density at radius 3 is 2.68 bits per heavy atom. The Hall–Kier alpha value is -1.83. The molecule has 0 saturated carbocycles. The zero-order chi connectivity index (χ0) is 14.0. The summed E-state index contributed by atoms with van der Waals surface area (Å²) in [6.45, 7) is 0. The van der Waals surface area contributed by atoms with Crippen LogP contribution in [-0.4, -0.2) is 11.0 Å². The van der Waals surface area contributed by atoms with Crippen LogP contribution >= 0.6 is 22.6 Å². The monoisotopic (exact) mass is 372 g/mol. The van der Waals surface area contributed by atoms with Gasteiger partial charge in [0.1, 0.15) is 11.6 Å². The Balaban J connectivity index is 2.28. The number of amides is 1. The van der Waals surface area contributed by atoms with Gasteiger partial charge >= 0.3 is 0 Å². The molecule has 1 amide bonds. The maximum atomic E-state index is 13.1. The third-order valence-corrected chi connectivity index (χ3v) is 3.05. The average Bonchev–Trinajstić information content (AvgIpc) is 2.30. The van der Waals surface area contributed by atoms with Crippen LogP contribution in [0.25, 0.3) is 0 Å². The van der Waals surface area contributed by atoms with Gasteiger partial charge in [0.15, 0.2) is 0 Å². The summed E-state index contributed by atoms with van der Waals surface area (Å²) in [7, 11) is 0. The molecule has 0 fully saturated rings. The summed E-state index contributed by atoms with van der Waals surface area (Å²) in [6.07, 6.45) is 0. The number of anilines is 2. The summed E-state index contributed by atoms with van der Waals surface area (Å²) >= 11 is 2.03. The number of nitrogens with two attached hydrogens (primary N) is 1. The van der Waals surface area contributed by atoms with Crippen LogP contribution in [0, 0.1) is 9.39 Å². The number of benzene rings is 2. The number of nitrogens with one attached hydrogen (secondary N) is 1. The van der Waals surface area contributed by atoms with Gasteiger partial charge < -0.3 is 16.2 Å². The quantitative estimate of drug-likeness (QED) is 0.561. The van der Waals surface area contributed by atoms with Crippen LogP contribution in [-0.2, 0) is 0 Å². The van der Waals surface area contributed by atoms with Crippen LogP contribution in [0.15, 0.2) is 36.4 Å². The van der Waals surface area contributed by atoms with E-state index in [-0.39, 0.29) is 22.7 Å². The van der Waals surface area contributed by atoms with E-state index in [9.17, 15) is 14.3 Å². The van der Waals surface area contributed by atoms with E-state index in [1.54, 1.807) is 6.07 Å². The minimum atomic E-state index is -0.540. The molecule has 0 aliphatic rings. The number of rotatable bonds is 2. The standard InChI is InChI=1S/C13H10FIN2O2/c14-7-3-9(16)6-10(4-7)17-13(19)11-5-8(15)1-2-12(11)18/h1-6,18H,16H2,(H,17,19). The lowest BCUT2D eigenvalue weighted by atomic mass is 10.2. The van der Waals surface area contributed by atoms with E-state index >= 15 is 0 Å². The predicted octanol–water partition coefficient (Wildman–Crippen LogP) is 2.97. The fourth-order valence-electron chi connectivity index (χ4n) is 1.57. The smallest absolute Gasteiger partial charge is 0.259 e. The topological polar surface area (TPSA) is 75.3 Å². The van der Waals surface area contributed by atoms with E-state index in [2.05, 4.69) is 5.32 Å². The van der Waals surface area contributed by atoms with Gasteiger partial charge in [0.25, 0.3) is 5.91 Å². The molecule has 0 aromatic heterocycles. The van der Waals surface area contributed by atoms with Gasteiger partial charge in [0.2, 0.25) is 0 Å². The Morgan fingerprint density at radius 1 is 1.26 bits per heavy atom. The first-order valence-electron chi connectivity index (χ1n) is 5.31. The molecule has 0 atom stereocenters. The minimum Gasteiger partial charge on any atom is -0.507 e. The molecule has 0 spiro atoms. The van der Waals surface area contributed by atoms with E-state index in [1.807, 2.05) is 22.6 Å². The van der Waals surface area contributed by atoms with Gasteiger partial charge in [0, 0.05) is 14.9 Å². The van der Waals surface area contributed by atoms with Gasteiger partial charge in [-0.2, -0.15) is 0 Å². The molecule has 0 bridgehead atoms. The molecule has 6 heteroatoms. The van der Waals surface area contributed by atoms with Crippen molar-refractivity contribution in [1.29, 1.82) is 0 Å². The van der Waals surface area contributed by atoms with Gasteiger partial charge in [0.05, 0.1) is 5.56 Å². The second-order valence-corrected chi connectivity index (χ2v) is 5.13. The summed E-state index contributed by atoms with van der Waals surface area (Å²) < 4.78 is 13.9. The zero-order valence-electron chi connectivity index (χ0n) is 9.65. The first-order chi connectivity index (χ1) is 8.95. The largest absolute Gasteiger partial charge is 0.507 e. The molecule has 4 nitrogen and oxygen atoms in total. The molecule has 2 rings (SSSR count). The van der Waals surface area contributed by atoms with Crippen molar-refractivity contribution < 1.29 is 14.3 Å². The lowest BCUT2D eigenvalue weighted by molar-refractivity contribution is 0.102. The van der Waals surface area contributed by atoms with Crippen LogP contribution in [0.3, 0.4) is 0 Å². The van der Waals surface area contributed by atoms with Crippen molar-refractivity contribution in [2.24, 2.45) is 0 Å². The summed E-state index contributed by atoms with van der Waals surface area (Å²) in [5.74, 6) is -1.20. The van der Waals surface area contributed by atoms with Gasteiger partial charge in [-0.05, 0) is 59.0 Å². The van der Waals surface area contributed by atoms with Crippen LogP contribution in [0.5, 0.6) is 5.75 Å². The Bertz CT molecular complexity index is 626. The van der Waals surface area contributed by atoms with Crippen molar-refractivity contribution in [3.05, 3.63) is 51.3 Å². The number of carbonyl (C=O) groups excluding carboxylic acids is 1. The highest BCUT2D eigenvalue weighted by Gasteiger charge is 2.12. The first kappa shape index (κ1) is 13.6. The molecule has 0 heterocycles. The molecule has 0 saturated heterocycles. The minimum absolute atomic E-state index is 0.120. The molecule has 0 radical (unpaired) electrons. The lowest BCUT2D eigenvalue weighted by Gasteiger charge is -2.08. The van der Waals surface area contributed by atoms with Crippen LogP contribution in [0.4, 0.5) is 15.8 Å². The fourth-order valence-corrected chi connectivity index (χ4v) is 2.06. The normalized spacial score (nSPS) is 10.2. The van der Waals surface area contributed by atoms with E-state index in [4.69, 9.17) is 5.73 Å². The van der Waals surface area contributed by atoms with Crippen LogP contribution < -0.4 is 11.1 Å². The average molecular weight is 372 g/mol. The molecule has 19 heavy (non-hydrogen) atoms. The summed E-state index contributed by atoms with van der Waals surface area (Å²) in [4.78, 5) is 12.0. The number of halogens is 2. The second-order valence-electron chi connectivity index (χ2n) is 3.89. The third-order valence-electron chi connectivity index (χ3n) is 2.38. The molecular weight excluding hydrogens is 362 g/mol. The third kappa shape index (κ3) is 3.34. The Labute approximate surface area is 122 Å². The summed E-state index contributed by atoms with van der Waals surface area (Å²) in [5.41, 5.74) is 6.05. The molecule has 0 aliphatic heterocycles. The SMILES string of the molecule is Nc1cc(F)cc(NC(=O)c2cc(I)ccc2O)c1. The van der Waals surface area contributed by atoms with E-state index in [0.717, 1.165) is 15.7 Å². The summed E-state index contributed by atoms with van der Waals surface area (Å²) in [5, 5.41) is 12.1. The van der Waals surface area contributed by atoms with Gasteiger partial charge in [-0.1, -0.05) is 0 Å². The number of hydrogen-bond donors (Lipinski definition) is 3. The molecule has 2 aromatic rings. The Morgan fingerprint density at radius 2 is 2.00 bits per heavy atom. The number of phenolic OH excluding ortho intramolecular Hbond substituents is 1. The Kier molecular flexibility index (Phi) is 3.89. The summed E-state index contributed by atoms with van der Waals surface area (Å²) in [6, 6.07) is 8.38. The number of nitrogen functional groups attached to an aromatic ring is 1. The van der Waals surface area contributed by atoms with Crippen LogP contribution in [0.1, 0.15) is 10.4 Å². The second kappa shape index (κ2) is 5.43. The molecule has 98 valence electrons. The van der Waals surface area contributed by atoms with E-state index in [0.29, 0.717) is 0 Å². The van der Waals surface area contributed by atoms with E-state index in [1.165, 1.54) is 18.2 Å². The lowest BCUT2D eigenvalue weighted by Crippen LogP contribution is -2.12. The van der Waals surface area contributed by atoms with Crippen molar-refractivity contribution in [2.75, 3.05) is 11.1 Å². The maximum Gasteiger partial charge on any atom is 0.259 e. The fraction of sp³-hybridized carbons (Fsp3) is 0. The highest BCUT2D eigenvalue weighted by atomic mass is 127. The van der Waals surface area contributed by atoms with Crippen LogP contribution in [0.2, 0.25) is 0 Å². The number of aromatic hydroxyl groups is 1. The molecular formula is C13H10FIN2O2. The predicted molar refractivity (Wildman–Crippen MR) is 79.6 cm³/mol. The van der Waals surface area contributed by atoms with Crippen molar-refractivity contribution in [2.45, 2.75) is 0 Å². The van der Waals surface area contributed by atoms with Crippen molar-refractivity contribution in [3.8, 4) is 5.75 Å². The van der Waals surface area contributed by atoms with Crippen molar-refractivity contribution in [1.82, 2.24) is 0 Å². The number of carbonyl (C=O) groups is 1. The molecule has 0 aliphatic carbocycles. The highest BCUT2D eigenvalue weighted by molar-refractivity contribution is 14.1. The van der Waals surface area contributed by atoms with E-state index < -0.39 is 11.7 Å². The number of hydrogen-bond acceptors (Lipinski definition) is 3. The molecule has 2 aromatic carbocycles. The van der Waals surface area contributed by atoms with Gasteiger partial charge in [-0.25, -0.2) is 4.39 Å². The highest BCUT2D eigenvalue weighted by Crippen LogP contribution is 2.22. The maximum absolute atomic E-state index is 13.1. The molecule has 0 unspecified atom stereocenters. The number of phenols is 1. The van der Waals surface area contributed by atoms with Crippen molar-refractivity contribution >= 4 is 39.9 Å². The van der Waals surface area contributed by atoms with Gasteiger partial charge in [-0.3, -0.25) is 4.79 Å². The molecule has 4 N–H and O–H groups in total.